The topological polar surface area (TPSA) is 15.7 Å². The molecule has 18 heavy (non-hydrogen) atoms. The summed E-state index contributed by atoms with van der Waals surface area (Å²) in [4.78, 5) is 0. The summed E-state index contributed by atoms with van der Waals surface area (Å²) >= 11 is 5.64. The molecule has 0 bridgehead atoms. The van der Waals surface area contributed by atoms with Crippen molar-refractivity contribution in [1.29, 1.82) is 0 Å². The lowest BCUT2D eigenvalue weighted by Crippen LogP contribution is -2.40. The lowest BCUT2D eigenvalue weighted by atomic mass is 10.3. The van der Waals surface area contributed by atoms with Crippen LogP contribution < -0.4 is 5.01 Å². The zero-order valence-corrected chi connectivity index (χ0v) is 10.1. The van der Waals surface area contributed by atoms with Crippen molar-refractivity contribution in [1.82, 2.24) is 5.01 Å². The Labute approximate surface area is 107 Å². The first-order valence-corrected chi connectivity index (χ1v) is 5.46. The molecule has 0 spiro atoms. The summed E-state index contributed by atoms with van der Waals surface area (Å²) in [6.07, 6.45) is 1.93. The Hall–Kier alpha value is -1.24. The molecule has 1 aliphatic heterocycles. The Balaban J connectivity index is 2.18. The highest BCUT2D eigenvalue weighted by molar-refractivity contribution is 6.30. The maximum Gasteiger partial charge on any atom is 0.347 e. The van der Waals surface area contributed by atoms with E-state index in [1.165, 1.54) is 41.5 Å². The first-order valence-electron chi connectivity index (χ1n) is 5.08. The van der Waals surface area contributed by atoms with E-state index < -0.39 is 18.7 Å². The predicted molar refractivity (Wildman–Crippen MR) is 61.7 cm³/mol. The number of rotatable bonds is 3. The summed E-state index contributed by atoms with van der Waals surface area (Å²) in [7, 11) is 1.51. The number of hydrogen-bond donors (Lipinski definition) is 0. The molecule has 7 heteroatoms. The van der Waals surface area contributed by atoms with E-state index in [0.717, 1.165) is 6.07 Å². The molecule has 0 radical (unpaired) electrons. The van der Waals surface area contributed by atoms with Gasteiger partial charge in [0, 0.05) is 18.3 Å². The number of nitrogens with zero attached hydrogens (tertiary/aromatic N) is 2. The molecule has 1 aromatic carbocycles. The highest BCUT2D eigenvalue weighted by Gasteiger charge is 2.28. The van der Waals surface area contributed by atoms with Crippen LogP contribution in [0.1, 0.15) is 0 Å². The van der Waals surface area contributed by atoms with Gasteiger partial charge >= 0.3 is 6.61 Å². The van der Waals surface area contributed by atoms with Crippen molar-refractivity contribution in [2.45, 2.75) is 12.8 Å². The van der Waals surface area contributed by atoms with E-state index in [1.54, 1.807) is 0 Å². The van der Waals surface area contributed by atoms with E-state index in [2.05, 4.69) is 4.74 Å². The molecular formula is C11H10ClF3N2O. The number of alkyl halides is 2. The maximum absolute atomic E-state index is 13.7. The number of benzene rings is 1. The molecular weight excluding hydrogens is 269 g/mol. The van der Waals surface area contributed by atoms with Crippen molar-refractivity contribution in [3.8, 4) is 0 Å². The molecule has 1 aromatic rings. The second-order valence-corrected chi connectivity index (χ2v) is 4.08. The lowest BCUT2D eigenvalue weighted by Gasteiger charge is -2.29. The minimum atomic E-state index is -2.89. The van der Waals surface area contributed by atoms with Gasteiger partial charge in [0.1, 0.15) is 5.82 Å². The van der Waals surface area contributed by atoms with Crippen LogP contribution in [-0.2, 0) is 4.74 Å². The molecule has 1 unspecified atom stereocenters. The van der Waals surface area contributed by atoms with Gasteiger partial charge in [-0.05, 0) is 24.3 Å². The minimum absolute atomic E-state index is 0.207. The van der Waals surface area contributed by atoms with Crippen molar-refractivity contribution in [3.63, 3.8) is 0 Å². The van der Waals surface area contributed by atoms with Crippen LogP contribution in [-0.4, -0.2) is 24.9 Å². The van der Waals surface area contributed by atoms with Crippen molar-refractivity contribution < 1.29 is 17.9 Å². The van der Waals surface area contributed by atoms with Gasteiger partial charge in [-0.1, -0.05) is 11.6 Å². The van der Waals surface area contributed by atoms with Gasteiger partial charge < -0.3 is 0 Å². The van der Waals surface area contributed by atoms with Crippen LogP contribution >= 0.6 is 11.6 Å². The molecule has 98 valence electrons. The van der Waals surface area contributed by atoms with Gasteiger partial charge in [-0.2, -0.15) is 13.8 Å². The second-order valence-electron chi connectivity index (χ2n) is 3.64. The average molecular weight is 279 g/mol. The monoisotopic (exact) mass is 278 g/mol. The Morgan fingerprint density at radius 3 is 2.72 bits per heavy atom. The summed E-state index contributed by atoms with van der Waals surface area (Å²) in [5.74, 6) is -0.545. The molecule has 0 aromatic heterocycles. The van der Waals surface area contributed by atoms with Gasteiger partial charge in [-0.3, -0.25) is 9.75 Å². The molecule has 0 saturated heterocycles. The third-order valence-electron chi connectivity index (χ3n) is 2.50. The number of ether oxygens (including phenoxy) is 1. The van der Waals surface area contributed by atoms with Crippen LogP contribution in [0.4, 0.5) is 18.9 Å². The molecule has 0 aliphatic carbocycles. The standard InChI is InChI=1S/C11H10ClF3N2O/c1-16-10(18-11(14)15)4-5-17(16)9-3-2-7(12)6-8(9)13/h2-6,10-11H,1H3. The van der Waals surface area contributed by atoms with Crippen LogP contribution in [0.5, 0.6) is 0 Å². The van der Waals surface area contributed by atoms with Gasteiger partial charge in [-0.25, -0.2) is 4.39 Å². The molecule has 1 aliphatic rings. The largest absolute Gasteiger partial charge is 0.347 e. The summed E-state index contributed by atoms with van der Waals surface area (Å²) in [6.45, 7) is -2.89. The Morgan fingerprint density at radius 1 is 1.39 bits per heavy atom. The van der Waals surface area contributed by atoms with Crippen molar-refractivity contribution in [3.05, 3.63) is 41.3 Å². The summed E-state index contributed by atoms with van der Waals surface area (Å²) in [5.41, 5.74) is 0.207. The fraction of sp³-hybridized carbons (Fsp3) is 0.273. The Kier molecular flexibility index (Phi) is 3.79. The summed E-state index contributed by atoms with van der Waals surface area (Å²) < 4.78 is 42.3. The SMILES string of the molecule is CN1C(OC(F)F)C=CN1c1ccc(Cl)cc1F. The minimum Gasteiger partial charge on any atom is -0.298 e. The Morgan fingerprint density at radius 2 is 2.11 bits per heavy atom. The molecule has 2 rings (SSSR count). The van der Waals surface area contributed by atoms with Crippen molar-refractivity contribution in [2.24, 2.45) is 0 Å². The molecule has 1 atom stereocenters. The van der Waals surface area contributed by atoms with Crippen LogP contribution in [0.25, 0.3) is 0 Å². The zero-order chi connectivity index (χ0) is 13.3. The van der Waals surface area contributed by atoms with Gasteiger partial charge in [0.05, 0.1) is 5.69 Å². The number of likely N-dealkylation sites (N-methyl/N-ethyl adjacent to an activating group) is 1. The fourth-order valence-corrected chi connectivity index (χ4v) is 1.82. The van der Waals surface area contributed by atoms with E-state index in [1.807, 2.05) is 0 Å². The van der Waals surface area contributed by atoms with Crippen molar-refractivity contribution in [2.75, 3.05) is 12.1 Å². The van der Waals surface area contributed by atoms with E-state index in [9.17, 15) is 13.2 Å². The van der Waals surface area contributed by atoms with E-state index in [4.69, 9.17) is 11.6 Å². The highest BCUT2D eigenvalue weighted by Crippen LogP contribution is 2.28. The smallest absolute Gasteiger partial charge is 0.298 e. The second kappa shape index (κ2) is 5.17. The number of hydrazine groups is 1. The first kappa shape index (κ1) is 13.2. The molecule has 3 nitrogen and oxygen atoms in total. The van der Waals surface area contributed by atoms with Gasteiger partial charge in [0.15, 0.2) is 6.23 Å². The third kappa shape index (κ3) is 2.60. The molecule has 0 saturated carbocycles. The quantitative estimate of drug-likeness (QED) is 0.844. The number of halogens is 4. The van der Waals surface area contributed by atoms with E-state index in [0.29, 0.717) is 0 Å². The van der Waals surface area contributed by atoms with E-state index >= 15 is 0 Å². The van der Waals surface area contributed by atoms with Crippen LogP contribution in [0, 0.1) is 5.82 Å². The van der Waals surface area contributed by atoms with Crippen LogP contribution in [0.15, 0.2) is 30.5 Å². The molecule has 0 amide bonds. The van der Waals surface area contributed by atoms with Gasteiger partial charge in [0.2, 0.25) is 0 Å². The normalized spacial score (nSPS) is 20.1. The lowest BCUT2D eigenvalue weighted by molar-refractivity contribution is -0.180. The van der Waals surface area contributed by atoms with Crippen LogP contribution in [0.3, 0.4) is 0 Å². The molecule has 0 fully saturated rings. The molecule has 0 N–H and O–H groups in total. The fourth-order valence-electron chi connectivity index (χ4n) is 1.66. The average Bonchev–Trinajstić information content (AvgIpc) is 2.60. The third-order valence-corrected chi connectivity index (χ3v) is 2.73. The first-order chi connectivity index (χ1) is 8.49. The van der Waals surface area contributed by atoms with Gasteiger partial charge in [-0.15, -0.1) is 0 Å². The highest BCUT2D eigenvalue weighted by atomic mass is 35.5. The summed E-state index contributed by atoms with van der Waals surface area (Å²) in [6, 6.07) is 4.13. The van der Waals surface area contributed by atoms with Gasteiger partial charge in [0.25, 0.3) is 0 Å². The van der Waals surface area contributed by atoms with Crippen molar-refractivity contribution >= 4 is 17.3 Å². The van der Waals surface area contributed by atoms with E-state index in [-0.39, 0.29) is 10.7 Å². The number of hydrogen-bond acceptors (Lipinski definition) is 3. The Bertz CT molecular complexity index is 470. The zero-order valence-electron chi connectivity index (χ0n) is 9.36. The predicted octanol–water partition coefficient (Wildman–Crippen LogP) is 3.22. The van der Waals surface area contributed by atoms with Crippen LogP contribution in [0.2, 0.25) is 5.02 Å². The molecule has 1 heterocycles. The maximum atomic E-state index is 13.7. The summed E-state index contributed by atoms with van der Waals surface area (Å²) in [5, 5.41) is 2.99. The number of anilines is 1.